The van der Waals surface area contributed by atoms with Crippen molar-refractivity contribution >= 4 is 0 Å². The molecule has 0 aromatic carbocycles. The molecule has 2 heteroatoms. The molecule has 2 rings (SSSR count). The Kier molecular flexibility index (Phi) is 4.68. The maximum atomic E-state index is 5.45. The SMILES string of the molecule is CCCCCCCc1ccc(-c2ccco2)n1C. The fraction of sp³-hybridized carbons (Fsp3) is 0.500. The first-order valence-corrected chi connectivity index (χ1v) is 7.01. The molecule has 0 aliphatic heterocycles. The number of rotatable bonds is 7. The molecule has 0 fully saturated rings. The molecule has 98 valence electrons. The first-order valence-electron chi connectivity index (χ1n) is 7.01. The Labute approximate surface area is 110 Å². The van der Waals surface area contributed by atoms with E-state index in [1.807, 2.05) is 12.1 Å². The first kappa shape index (κ1) is 13.0. The van der Waals surface area contributed by atoms with Gasteiger partial charge in [0, 0.05) is 12.7 Å². The minimum absolute atomic E-state index is 0.953. The zero-order valence-electron chi connectivity index (χ0n) is 11.5. The quantitative estimate of drug-likeness (QED) is 0.641. The van der Waals surface area contributed by atoms with Gasteiger partial charge in [-0.15, -0.1) is 0 Å². The van der Waals surface area contributed by atoms with Crippen molar-refractivity contribution in [1.29, 1.82) is 0 Å². The summed E-state index contributed by atoms with van der Waals surface area (Å²) in [6, 6.07) is 8.32. The predicted molar refractivity (Wildman–Crippen MR) is 75.6 cm³/mol. The van der Waals surface area contributed by atoms with Gasteiger partial charge >= 0.3 is 0 Å². The monoisotopic (exact) mass is 245 g/mol. The Balaban J connectivity index is 1.91. The third-order valence-electron chi connectivity index (χ3n) is 3.54. The van der Waals surface area contributed by atoms with Crippen LogP contribution in [0.5, 0.6) is 0 Å². The van der Waals surface area contributed by atoms with Crippen molar-refractivity contribution in [3.05, 3.63) is 36.2 Å². The van der Waals surface area contributed by atoms with E-state index in [0.29, 0.717) is 0 Å². The topological polar surface area (TPSA) is 18.1 Å². The molecule has 0 aliphatic carbocycles. The Morgan fingerprint density at radius 2 is 1.89 bits per heavy atom. The van der Waals surface area contributed by atoms with Crippen molar-refractivity contribution < 1.29 is 4.42 Å². The van der Waals surface area contributed by atoms with Crippen LogP contribution in [0.4, 0.5) is 0 Å². The summed E-state index contributed by atoms with van der Waals surface area (Å²) >= 11 is 0. The number of aryl methyl sites for hydroxylation is 1. The molecule has 0 amide bonds. The highest BCUT2D eigenvalue weighted by Crippen LogP contribution is 2.22. The van der Waals surface area contributed by atoms with Gasteiger partial charge in [-0.05, 0) is 37.1 Å². The van der Waals surface area contributed by atoms with Crippen molar-refractivity contribution in [1.82, 2.24) is 4.57 Å². The number of hydrogen-bond donors (Lipinski definition) is 0. The van der Waals surface area contributed by atoms with Gasteiger partial charge < -0.3 is 8.98 Å². The van der Waals surface area contributed by atoms with Crippen molar-refractivity contribution in [3.8, 4) is 11.5 Å². The van der Waals surface area contributed by atoms with Crippen molar-refractivity contribution in [2.24, 2.45) is 7.05 Å². The zero-order valence-corrected chi connectivity index (χ0v) is 11.5. The summed E-state index contributed by atoms with van der Waals surface area (Å²) in [5.74, 6) is 0.953. The highest BCUT2D eigenvalue weighted by atomic mass is 16.3. The van der Waals surface area contributed by atoms with Crippen LogP contribution in [0.1, 0.15) is 44.7 Å². The maximum Gasteiger partial charge on any atom is 0.150 e. The van der Waals surface area contributed by atoms with Crippen LogP contribution in [0.15, 0.2) is 34.9 Å². The van der Waals surface area contributed by atoms with Gasteiger partial charge in [0.05, 0.1) is 12.0 Å². The van der Waals surface area contributed by atoms with E-state index in [9.17, 15) is 0 Å². The second-order valence-electron chi connectivity index (χ2n) is 4.91. The lowest BCUT2D eigenvalue weighted by Crippen LogP contribution is -1.98. The van der Waals surface area contributed by atoms with Gasteiger partial charge in [-0.3, -0.25) is 0 Å². The molecular weight excluding hydrogens is 222 g/mol. The van der Waals surface area contributed by atoms with E-state index in [0.717, 1.165) is 5.76 Å². The lowest BCUT2D eigenvalue weighted by atomic mass is 10.1. The second kappa shape index (κ2) is 6.48. The molecule has 2 heterocycles. The average molecular weight is 245 g/mol. The lowest BCUT2D eigenvalue weighted by Gasteiger charge is -2.06. The number of unbranched alkanes of at least 4 members (excludes halogenated alkanes) is 4. The highest BCUT2D eigenvalue weighted by Gasteiger charge is 2.08. The van der Waals surface area contributed by atoms with Crippen LogP contribution < -0.4 is 0 Å². The largest absolute Gasteiger partial charge is 0.463 e. The number of hydrogen-bond acceptors (Lipinski definition) is 1. The summed E-state index contributed by atoms with van der Waals surface area (Å²) in [4.78, 5) is 0. The van der Waals surface area contributed by atoms with Crippen molar-refractivity contribution in [2.75, 3.05) is 0 Å². The third kappa shape index (κ3) is 3.06. The van der Waals surface area contributed by atoms with Crippen LogP contribution in [-0.2, 0) is 13.5 Å². The predicted octanol–water partition coefficient (Wildman–Crippen LogP) is 4.80. The van der Waals surface area contributed by atoms with Gasteiger partial charge in [-0.25, -0.2) is 0 Å². The van der Waals surface area contributed by atoms with Crippen LogP contribution in [-0.4, -0.2) is 4.57 Å². The second-order valence-corrected chi connectivity index (χ2v) is 4.91. The van der Waals surface area contributed by atoms with E-state index in [2.05, 4.69) is 30.7 Å². The molecule has 2 aromatic heterocycles. The van der Waals surface area contributed by atoms with Crippen LogP contribution in [0, 0.1) is 0 Å². The van der Waals surface area contributed by atoms with E-state index in [1.54, 1.807) is 6.26 Å². The van der Waals surface area contributed by atoms with Crippen LogP contribution in [0.2, 0.25) is 0 Å². The lowest BCUT2D eigenvalue weighted by molar-refractivity contribution is 0.574. The number of furan rings is 1. The molecule has 0 unspecified atom stereocenters. The maximum absolute atomic E-state index is 5.45. The number of nitrogens with zero attached hydrogens (tertiary/aromatic N) is 1. The minimum Gasteiger partial charge on any atom is -0.463 e. The van der Waals surface area contributed by atoms with Gasteiger partial charge in [-0.2, -0.15) is 0 Å². The Morgan fingerprint density at radius 3 is 2.61 bits per heavy atom. The molecular formula is C16H23NO. The Bertz CT molecular complexity index is 453. The highest BCUT2D eigenvalue weighted by molar-refractivity contribution is 5.54. The molecule has 0 atom stereocenters. The van der Waals surface area contributed by atoms with Crippen LogP contribution in [0.25, 0.3) is 11.5 Å². The van der Waals surface area contributed by atoms with Crippen LogP contribution in [0.3, 0.4) is 0 Å². The molecule has 2 nitrogen and oxygen atoms in total. The first-order chi connectivity index (χ1) is 8.83. The van der Waals surface area contributed by atoms with Gasteiger partial charge in [0.2, 0.25) is 0 Å². The Morgan fingerprint density at radius 1 is 1.06 bits per heavy atom. The number of aromatic nitrogens is 1. The van der Waals surface area contributed by atoms with Crippen molar-refractivity contribution in [2.45, 2.75) is 45.4 Å². The van der Waals surface area contributed by atoms with Gasteiger partial charge in [0.15, 0.2) is 0 Å². The Hall–Kier alpha value is -1.44. The third-order valence-corrected chi connectivity index (χ3v) is 3.54. The standard InChI is InChI=1S/C16H23NO/c1-3-4-5-6-7-9-14-11-12-15(17(14)2)16-10-8-13-18-16/h8,10-13H,3-7,9H2,1-2H3. The van der Waals surface area contributed by atoms with Crippen LogP contribution >= 0.6 is 0 Å². The summed E-state index contributed by atoms with van der Waals surface area (Å²) in [7, 11) is 2.12. The average Bonchev–Trinajstić information content (AvgIpc) is 2.99. The summed E-state index contributed by atoms with van der Waals surface area (Å²) in [5, 5.41) is 0. The molecule has 0 aliphatic rings. The van der Waals surface area contributed by atoms with E-state index < -0.39 is 0 Å². The van der Waals surface area contributed by atoms with Crippen molar-refractivity contribution in [3.63, 3.8) is 0 Å². The molecule has 0 radical (unpaired) electrons. The molecule has 2 aromatic rings. The fourth-order valence-electron chi connectivity index (χ4n) is 2.39. The zero-order chi connectivity index (χ0) is 12.8. The van der Waals surface area contributed by atoms with Gasteiger partial charge in [0.1, 0.15) is 5.76 Å². The molecule has 0 N–H and O–H groups in total. The van der Waals surface area contributed by atoms with E-state index in [1.165, 1.54) is 49.9 Å². The normalized spacial score (nSPS) is 11.0. The summed E-state index contributed by atoms with van der Waals surface area (Å²) in [5.41, 5.74) is 2.57. The summed E-state index contributed by atoms with van der Waals surface area (Å²) in [6.07, 6.45) is 9.57. The molecule has 18 heavy (non-hydrogen) atoms. The van der Waals surface area contributed by atoms with Gasteiger partial charge in [-0.1, -0.05) is 32.6 Å². The molecule has 0 spiro atoms. The van der Waals surface area contributed by atoms with E-state index >= 15 is 0 Å². The smallest absolute Gasteiger partial charge is 0.150 e. The van der Waals surface area contributed by atoms with E-state index in [-0.39, 0.29) is 0 Å². The molecule has 0 saturated carbocycles. The van der Waals surface area contributed by atoms with Gasteiger partial charge in [0.25, 0.3) is 0 Å². The fourth-order valence-corrected chi connectivity index (χ4v) is 2.39. The summed E-state index contributed by atoms with van der Waals surface area (Å²) in [6.45, 7) is 2.26. The minimum atomic E-state index is 0.953. The molecule has 0 bridgehead atoms. The summed E-state index contributed by atoms with van der Waals surface area (Å²) < 4.78 is 7.70. The van der Waals surface area contributed by atoms with E-state index in [4.69, 9.17) is 4.42 Å². The molecule has 0 saturated heterocycles.